The highest BCUT2D eigenvalue weighted by molar-refractivity contribution is 7.89. The number of hydrogen-bond donors (Lipinski definition) is 1. The van der Waals surface area contributed by atoms with Crippen molar-refractivity contribution in [3.8, 4) is 5.75 Å². The van der Waals surface area contributed by atoms with Crippen LogP contribution in [0.15, 0.2) is 53.4 Å². The van der Waals surface area contributed by atoms with E-state index in [4.69, 9.17) is 4.74 Å². The summed E-state index contributed by atoms with van der Waals surface area (Å²) in [5.41, 5.74) is 1.68. The standard InChI is InChI=1S/C22H28N2O4S/c1-3-28-20-11-9-18(10-12-20)23-22(25)16-19-6-4-5-15-24(19)29(26,27)21-13-7-17(2)8-14-21/h7-14,19H,3-6,15-16H2,1-2H3,(H,23,25)/t19-/m1/s1. The number of carbonyl (C=O) groups is 1. The summed E-state index contributed by atoms with van der Waals surface area (Å²) in [5, 5.41) is 2.86. The molecule has 156 valence electrons. The van der Waals surface area contributed by atoms with Crippen LogP contribution in [0.25, 0.3) is 0 Å². The summed E-state index contributed by atoms with van der Waals surface area (Å²) in [5.74, 6) is 0.554. The smallest absolute Gasteiger partial charge is 0.243 e. The van der Waals surface area contributed by atoms with Gasteiger partial charge in [0.2, 0.25) is 15.9 Å². The van der Waals surface area contributed by atoms with E-state index < -0.39 is 10.0 Å². The summed E-state index contributed by atoms with van der Waals surface area (Å²) < 4.78 is 33.2. The molecule has 0 saturated carbocycles. The average Bonchev–Trinajstić information content (AvgIpc) is 2.70. The number of piperidine rings is 1. The maximum atomic E-state index is 13.1. The SMILES string of the molecule is CCOc1ccc(NC(=O)C[C@H]2CCCCN2S(=O)(=O)c2ccc(C)cc2)cc1. The van der Waals surface area contributed by atoms with Crippen molar-refractivity contribution in [3.63, 3.8) is 0 Å². The molecule has 7 heteroatoms. The van der Waals surface area contributed by atoms with Crippen molar-refractivity contribution in [2.75, 3.05) is 18.5 Å². The summed E-state index contributed by atoms with van der Waals surface area (Å²) in [6.45, 7) is 4.86. The largest absolute Gasteiger partial charge is 0.494 e. The van der Waals surface area contributed by atoms with E-state index in [1.54, 1.807) is 48.5 Å². The van der Waals surface area contributed by atoms with Crippen molar-refractivity contribution in [1.82, 2.24) is 4.31 Å². The van der Waals surface area contributed by atoms with Gasteiger partial charge >= 0.3 is 0 Å². The van der Waals surface area contributed by atoms with E-state index in [9.17, 15) is 13.2 Å². The van der Waals surface area contributed by atoms with Crippen LogP contribution in [0.1, 0.15) is 38.2 Å². The van der Waals surface area contributed by atoms with Gasteiger partial charge in [-0.3, -0.25) is 4.79 Å². The second kappa shape index (κ2) is 9.41. The average molecular weight is 417 g/mol. The Morgan fingerprint density at radius 3 is 2.45 bits per heavy atom. The molecule has 0 radical (unpaired) electrons. The number of aryl methyl sites for hydroxylation is 1. The van der Waals surface area contributed by atoms with Gasteiger partial charge in [0.1, 0.15) is 5.75 Å². The molecule has 1 atom stereocenters. The Balaban J connectivity index is 1.69. The van der Waals surface area contributed by atoms with Crippen molar-refractivity contribution < 1.29 is 17.9 Å². The molecule has 1 heterocycles. The Kier molecular flexibility index (Phi) is 6.92. The summed E-state index contributed by atoms with van der Waals surface area (Å²) in [4.78, 5) is 12.9. The lowest BCUT2D eigenvalue weighted by atomic mass is 10.0. The molecule has 0 bridgehead atoms. The Labute approximate surface area is 172 Å². The van der Waals surface area contributed by atoms with Crippen LogP contribution in [0.4, 0.5) is 5.69 Å². The highest BCUT2D eigenvalue weighted by atomic mass is 32.2. The van der Waals surface area contributed by atoms with E-state index in [0.29, 0.717) is 25.3 Å². The van der Waals surface area contributed by atoms with Gasteiger partial charge in [-0.1, -0.05) is 24.1 Å². The zero-order valence-corrected chi connectivity index (χ0v) is 17.7. The van der Waals surface area contributed by atoms with Gasteiger partial charge in [-0.15, -0.1) is 0 Å². The molecule has 0 unspecified atom stereocenters. The molecule has 0 aliphatic carbocycles. The van der Waals surface area contributed by atoms with Gasteiger partial charge in [0, 0.05) is 24.7 Å². The van der Waals surface area contributed by atoms with E-state index >= 15 is 0 Å². The summed E-state index contributed by atoms with van der Waals surface area (Å²) in [6.07, 6.45) is 2.54. The predicted molar refractivity (Wildman–Crippen MR) is 114 cm³/mol. The number of ether oxygens (including phenoxy) is 1. The minimum absolute atomic E-state index is 0.137. The van der Waals surface area contributed by atoms with Crippen molar-refractivity contribution >= 4 is 21.6 Å². The maximum Gasteiger partial charge on any atom is 0.243 e. The molecule has 1 aliphatic rings. The first kappa shape index (κ1) is 21.3. The number of sulfonamides is 1. The van der Waals surface area contributed by atoms with Crippen LogP contribution < -0.4 is 10.1 Å². The van der Waals surface area contributed by atoms with Gasteiger partial charge in [-0.2, -0.15) is 4.31 Å². The van der Waals surface area contributed by atoms with Crippen LogP contribution in [-0.2, 0) is 14.8 Å². The summed E-state index contributed by atoms with van der Waals surface area (Å²) in [6, 6.07) is 13.7. The van der Waals surface area contributed by atoms with E-state index in [1.165, 1.54) is 4.31 Å². The molecule has 1 saturated heterocycles. The normalized spacial score (nSPS) is 17.7. The molecule has 29 heavy (non-hydrogen) atoms. The van der Waals surface area contributed by atoms with Gasteiger partial charge in [-0.05, 0) is 63.1 Å². The van der Waals surface area contributed by atoms with Crippen molar-refractivity contribution in [3.05, 3.63) is 54.1 Å². The van der Waals surface area contributed by atoms with Crippen LogP contribution in [0, 0.1) is 6.92 Å². The molecule has 1 fully saturated rings. The molecule has 2 aromatic carbocycles. The number of rotatable bonds is 7. The molecule has 0 spiro atoms. The second-order valence-corrected chi connectivity index (χ2v) is 9.18. The number of benzene rings is 2. The van der Waals surface area contributed by atoms with E-state index in [2.05, 4.69) is 5.32 Å². The Morgan fingerprint density at radius 2 is 1.79 bits per heavy atom. The minimum Gasteiger partial charge on any atom is -0.494 e. The monoisotopic (exact) mass is 416 g/mol. The van der Waals surface area contributed by atoms with Crippen LogP contribution in [0.2, 0.25) is 0 Å². The predicted octanol–water partition coefficient (Wildman–Crippen LogP) is 3.97. The molecule has 0 aromatic heterocycles. The van der Waals surface area contributed by atoms with E-state index in [-0.39, 0.29) is 23.3 Å². The van der Waals surface area contributed by atoms with Gasteiger partial charge in [0.15, 0.2) is 0 Å². The Hall–Kier alpha value is -2.38. The Morgan fingerprint density at radius 1 is 1.10 bits per heavy atom. The third-order valence-electron chi connectivity index (χ3n) is 5.07. The van der Waals surface area contributed by atoms with Crippen LogP contribution in [0.5, 0.6) is 5.75 Å². The van der Waals surface area contributed by atoms with Gasteiger partial charge in [0.25, 0.3) is 0 Å². The topological polar surface area (TPSA) is 75.7 Å². The second-order valence-electron chi connectivity index (χ2n) is 7.29. The fraction of sp³-hybridized carbons (Fsp3) is 0.409. The zero-order valence-electron chi connectivity index (χ0n) is 16.9. The number of carbonyl (C=O) groups excluding carboxylic acids is 1. The lowest BCUT2D eigenvalue weighted by molar-refractivity contribution is -0.117. The fourth-order valence-corrected chi connectivity index (χ4v) is 5.26. The van der Waals surface area contributed by atoms with Crippen LogP contribution in [-0.4, -0.2) is 37.8 Å². The maximum absolute atomic E-state index is 13.1. The highest BCUT2D eigenvalue weighted by Gasteiger charge is 2.34. The van der Waals surface area contributed by atoms with E-state index in [0.717, 1.165) is 24.2 Å². The highest BCUT2D eigenvalue weighted by Crippen LogP contribution is 2.27. The quantitative estimate of drug-likeness (QED) is 0.741. The van der Waals surface area contributed by atoms with Crippen molar-refractivity contribution in [1.29, 1.82) is 0 Å². The number of hydrogen-bond acceptors (Lipinski definition) is 4. The summed E-state index contributed by atoms with van der Waals surface area (Å²) in [7, 11) is -3.62. The van der Waals surface area contributed by atoms with Gasteiger partial charge in [0.05, 0.1) is 11.5 Å². The number of nitrogens with zero attached hydrogens (tertiary/aromatic N) is 1. The Bertz CT molecular complexity index is 924. The molecule has 6 nitrogen and oxygen atoms in total. The number of amides is 1. The zero-order chi connectivity index (χ0) is 20.9. The first-order valence-corrected chi connectivity index (χ1v) is 11.5. The first-order valence-electron chi connectivity index (χ1n) is 10.0. The molecule has 1 N–H and O–H groups in total. The molecular weight excluding hydrogens is 388 g/mol. The van der Waals surface area contributed by atoms with Crippen LogP contribution in [0.3, 0.4) is 0 Å². The molecule has 3 rings (SSSR count). The third-order valence-corrected chi connectivity index (χ3v) is 7.04. The van der Waals surface area contributed by atoms with Crippen molar-refractivity contribution in [2.45, 2.75) is 50.5 Å². The number of nitrogens with one attached hydrogen (secondary N) is 1. The lowest BCUT2D eigenvalue weighted by Gasteiger charge is -2.34. The van der Waals surface area contributed by atoms with Crippen molar-refractivity contribution in [2.24, 2.45) is 0 Å². The fourth-order valence-electron chi connectivity index (χ4n) is 3.57. The minimum atomic E-state index is -3.62. The summed E-state index contributed by atoms with van der Waals surface area (Å²) >= 11 is 0. The third kappa shape index (κ3) is 5.36. The van der Waals surface area contributed by atoms with Gasteiger partial charge in [-0.25, -0.2) is 8.42 Å². The van der Waals surface area contributed by atoms with Crippen LogP contribution >= 0.6 is 0 Å². The first-order chi connectivity index (χ1) is 13.9. The molecule has 1 aliphatic heterocycles. The van der Waals surface area contributed by atoms with Gasteiger partial charge < -0.3 is 10.1 Å². The van der Waals surface area contributed by atoms with E-state index in [1.807, 2.05) is 13.8 Å². The molecule has 1 amide bonds. The lowest BCUT2D eigenvalue weighted by Crippen LogP contribution is -2.45. The molecular formula is C22H28N2O4S. The molecule has 2 aromatic rings. The number of anilines is 1.